The molecule has 2 aromatic rings. The largest absolute Gasteiger partial charge is 0.454 e. The summed E-state index contributed by atoms with van der Waals surface area (Å²) < 4.78 is 11.5. The fourth-order valence-corrected chi connectivity index (χ4v) is 3.17. The number of halogens is 2. The monoisotopic (exact) mass is 426 g/mol. The van der Waals surface area contributed by atoms with Gasteiger partial charge in [0.15, 0.2) is 11.5 Å². The third-order valence-corrected chi connectivity index (χ3v) is 4.40. The van der Waals surface area contributed by atoms with Gasteiger partial charge in [-0.25, -0.2) is 0 Å². The molecule has 7 heteroatoms. The quantitative estimate of drug-likeness (QED) is 0.765. The van der Waals surface area contributed by atoms with Gasteiger partial charge in [0.05, 0.1) is 4.47 Å². The van der Waals surface area contributed by atoms with E-state index in [4.69, 9.17) is 15.2 Å². The predicted molar refractivity (Wildman–Crippen MR) is 102 cm³/mol. The summed E-state index contributed by atoms with van der Waals surface area (Å²) in [6.07, 6.45) is 0.754. The van der Waals surface area contributed by atoms with Crippen LogP contribution in [-0.4, -0.2) is 30.7 Å². The maximum absolute atomic E-state index is 13.0. The number of benzene rings is 2. The van der Waals surface area contributed by atoms with Crippen molar-refractivity contribution in [1.82, 2.24) is 4.90 Å². The molecule has 1 heterocycles. The first-order valence-corrected chi connectivity index (χ1v) is 8.60. The van der Waals surface area contributed by atoms with Crippen LogP contribution in [0.25, 0.3) is 0 Å². The molecule has 0 atom stereocenters. The summed E-state index contributed by atoms with van der Waals surface area (Å²) in [6.45, 7) is 1.87. The zero-order valence-electron chi connectivity index (χ0n) is 13.6. The molecule has 2 N–H and O–H groups in total. The van der Waals surface area contributed by atoms with E-state index in [2.05, 4.69) is 15.9 Å². The summed E-state index contributed by atoms with van der Waals surface area (Å²) in [5.74, 6) is 1.18. The van der Waals surface area contributed by atoms with E-state index in [1.165, 1.54) is 0 Å². The third-order valence-electron chi connectivity index (χ3n) is 3.81. The molecule has 134 valence electrons. The Morgan fingerprint density at radius 3 is 2.68 bits per heavy atom. The van der Waals surface area contributed by atoms with Gasteiger partial charge in [-0.2, -0.15) is 0 Å². The first-order valence-electron chi connectivity index (χ1n) is 7.81. The summed E-state index contributed by atoms with van der Waals surface area (Å²) in [4.78, 5) is 14.8. The van der Waals surface area contributed by atoms with Crippen molar-refractivity contribution in [2.45, 2.75) is 13.0 Å². The van der Waals surface area contributed by atoms with E-state index in [9.17, 15) is 4.79 Å². The Morgan fingerprint density at radius 2 is 1.96 bits per heavy atom. The second-order valence-electron chi connectivity index (χ2n) is 5.55. The lowest BCUT2D eigenvalue weighted by Crippen LogP contribution is -2.32. The average molecular weight is 428 g/mol. The molecule has 3 rings (SSSR count). The number of carbonyl (C=O) groups is 1. The Kier molecular flexibility index (Phi) is 7.11. The molecule has 0 aromatic heterocycles. The lowest BCUT2D eigenvalue weighted by Gasteiger charge is -2.23. The van der Waals surface area contributed by atoms with E-state index in [1.807, 2.05) is 35.2 Å². The van der Waals surface area contributed by atoms with Gasteiger partial charge >= 0.3 is 0 Å². The number of rotatable bonds is 6. The highest BCUT2D eigenvalue weighted by molar-refractivity contribution is 9.10. The molecule has 1 amide bonds. The lowest BCUT2D eigenvalue weighted by atomic mass is 10.1. The van der Waals surface area contributed by atoms with Gasteiger partial charge in [0.2, 0.25) is 6.79 Å². The molecule has 2 aromatic carbocycles. The molecule has 25 heavy (non-hydrogen) atoms. The summed E-state index contributed by atoms with van der Waals surface area (Å²) in [6, 6.07) is 13.4. The van der Waals surface area contributed by atoms with Crippen molar-refractivity contribution in [3.8, 4) is 11.5 Å². The summed E-state index contributed by atoms with van der Waals surface area (Å²) in [7, 11) is 0. The van der Waals surface area contributed by atoms with Crippen molar-refractivity contribution < 1.29 is 14.3 Å². The van der Waals surface area contributed by atoms with Crippen LogP contribution in [0.3, 0.4) is 0 Å². The summed E-state index contributed by atoms with van der Waals surface area (Å²) in [5, 5.41) is 0. The third kappa shape index (κ3) is 4.66. The normalized spacial score (nSPS) is 11.8. The van der Waals surface area contributed by atoms with Gasteiger partial charge in [-0.05, 0) is 46.6 Å². The minimum atomic E-state index is -0.0497. The SMILES string of the molecule is Cl.NCCCN(Cc1ccccc1)C(=O)c1cc(Br)c2c(c1)OCO2. The number of carbonyl (C=O) groups excluding carboxylic acids is 1. The van der Waals surface area contributed by atoms with Crippen molar-refractivity contribution in [2.24, 2.45) is 5.73 Å². The smallest absolute Gasteiger partial charge is 0.254 e. The van der Waals surface area contributed by atoms with Crippen molar-refractivity contribution in [1.29, 1.82) is 0 Å². The van der Waals surface area contributed by atoms with E-state index in [1.54, 1.807) is 12.1 Å². The van der Waals surface area contributed by atoms with E-state index in [0.717, 1.165) is 16.5 Å². The Morgan fingerprint density at radius 1 is 1.20 bits per heavy atom. The Hall–Kier alpha value is -1.76. The number of nitrogens with two attached hydrogens (primary N) is 1. The van der Waals surface area contributed by atoms with Crippen LogP contribution < -0.4 is 15.2 Å². The van der Waals surface area contributed by atoms with Crippen molar-refractivity contribution in [3.05, 3.63) is 58.1 Å². The highest BCUT2D eigenvalue weighted by Crippen LogP contribution is 2.40. The molecule has 0 unspecified atom stereocenters. The first-order chi connectivity index (χ1) is 11.7. The average Bonchev–Trinajstić information content (AvgIpc) is 3.08. The molecule has 0 spiro atoms. The number of hydrogen-bond donors (Lipinski definition) is 1. The van der Waals surface area contributed by atoms with Gasteiger partial charge < -0.3 is 20.1 Å². The molecule has 1 aliphatic rings. The van der Waals surface area contributed by atoms with Crippen LogP contribution >= 0.6 is 28.3 Å². The van der Waals surface area contributed by atoms with E-state index in [0.29, 0.717) is 36.7 Å². The molecule has 0 radical (unpaired) electrons. The van der Waals surface area contributed by atoms with Crippen molar-refractivity contribution >= 4 is 34.2 Å². The Balaban J connectivity index is 0.00000225. The molecule has 1 aliphatic heterocycles. The highest BCUT2D eigenvalue weighted by atomic mass is 79.9. The van der Waals surface area contributed by atoms with Crippen LogP contribution in [0, 0.1) is 0 Å². The van der Waals surface area contributed by atoms with Gasteiger partial charge in [-0.15, -0.1) is 12.4 Å². The minimum Gasteiger partial charge on any atom is -0.454 e. The molecule has 0 saturated heterocycles. The number of hydrogen-bond acceptors (Lipinski definition) is 4. The molecule has 0 aliphatic carbocycles. The van der Waals surface area contributed by atoms with Crippen LogP contribution in [0.15, 0.2) is 46.9 Å². The van der Waals surface area contributed by atoms with E-state index < -0.39 is 0 Å². The van der Waals surface area contributed by atoms with Crippen LogP contribution in [0.1, 0.15) is 22.3 Å². The molecule has 0 bridgehead atoms. The fourth-order valence-electron chi connectivity index (χ4n) is 2.61. The molecular weight excluding hydrogens is 408 g/mol. The topological polar surface area (TPSA) is 64.8 Å². The predicted octanol–water partition coefficient (Wildman–Crippen LogP) is 3.59. The second kappa shape index (κ2) is 9.08. The number of amides is 1. The van der Waals surface area contributed by atoms with Gasteiger partial charge in [0.25, 0.3) is 5.91 Å². The first kappa shape index (κ1) is 19.6. The van der Waals surface area contributed by atoms with Crippen molar-refractivity contribution in [2.75, 3.05) is 19.9 Å². The molecular formula is C18H20BrClN2O3. The number of fused-ring (bicyclic) bond motifs is 1. The van der Waals surface area contributed by atoms with E-state index >= 15 is 0 Å². The maximum Gasteiger partial charge on any atom is 0.254 e. The minimum absolute atomic E-state index is 0. The van der Waals surface area contributed by atoms with Gasteiger partial charge in [-0.3, -0.25) is 4.79 Å². The van der Waals surface area contributed by atoms with Crippen LogP contribution in [0.5, 0.6) is 11.5 Å². The summed E-state index contributed by atoms with van der Waals surface area (Å²) in [5.41, 5.74) is 7.28. The second-order valence-corrected chi connectivity index (χ2v) is 6.40. The molecule has 0 saturated carbocycles. The zero-order chi connectivity index (χ0) is 16.9. The molecule has 5 nitrogen and oxygen atoms in total. The van der Waals surface area contributed by atoms with Crippen LogP contribution in [-0.2, 0) is 6.54 Å². The van der Waals surface area contributed by atoms with Gasteiger partial charge in [-0.1, -0.05) is 30.3 Å². The maximum atomic E-state index is 13.0. The van der Waals surface area contributed by atoms with Gasteiger partial charge in [0, 0.05) is 18.7 Å². The van der Waals surface area contributed by atoms with E-state index in [-0.39, 0.29) is 25.1 Å². The zero-order valence-corrected chi connectivity index (χ0v) is 16.0. The standard InChI is InChI=1S/C18H19BrN2O3.ClH/c19-15-9-14(10-16-17(15)24-12-23-16)18(22)21(8-4-7-20)11-13-5-2-1-3-6-13;/h1-3,5-6,9-10H,4,7-8,11-12,20H2;1H. The van der Waals surface area contributed by atoms with Crippen LogP contribution in [0.2, 0.25) is 0 Å². The molecule has 0 fully saturated rings. The van der Waals surface area contributed by atoms with Crippen molar-refractivity contribution in [3.63, 3.8) is 0 Å². The number of nitrogens with zero attached hydrogens (tertiary/aromatic N) is 1. The number of ether oxygens (including phenoxy) is 2. The Labute approximate surface area is 161 Å². The highest BCUT2D eigenvalue weighted by Gasteiger charge is 2.23. The lowest BCUT2D eigenvalue weighted by molar-refractivity contribution is 0.0741. The summed E-state index contributed by atoms with van der Waals surface area (Å²) >= 11 is 3.44. The van der Waals surface area contributed by atoms with Crippen LogP contribution in [0.4, 0.5) is 0 Å². The van der Waals surface area contributed by atoms with Gasteiger partial charge in [0.1, 0.15) is 0 Å². The fraction of sp³-hybridized carbons (Fsp3) is 0.278. The Bertz CT molecular complexity index is 728.